The van der Waals surface area contributed by atoms with E-state index in [0.717, 1.165) is 27.9 Å². The van der Waals surface area contributed by atoms with Crippen LogP contribution in [0.1, 0.15) is 52.9 Å². The van der Waals surface area contributed by atoms with Crippen LogP contribution in [-0.4, -0.2) is 15.0 Å². The molecule has 0 saturated heterocycles. The van der Waals surface area contributed by atoms with Gasteiger partial charge in [0.1, 0.15) is 0 Å². The first-order chi connectivity index (χ1) is 13.1. The largest absolute Gasteiger partial charge is 0.255 e. The Morgan fingerprint density at radius 2 is 1.11 bits per heavy atom. The fraction of sp³-hybridized carbons (Fsp3) is 0.320. The molecular formula is C25H29N3. The number of hydrogen-bond acceptors (Lipinski definition) is 3. The van der Waals surface area contributed by atoms with Gasteiger partial charge in [-0.05, 0) is 36.4 Å². The topological polar surface area (TPSA) is 38.7 Å². The standard InChI is InChI=1S/C13H15N.C12H14N2/c1-13(2,3)12-9-8-10-6-4-5-7-11(10)14-12;1-12(2,3)11-7-6-9-10(14-11)5-4-8-13-9/h4-9H,1-3H3;4-8H,1-3H3. The Labute approximate surface area is 167 Å². The molecule has 0 spiro atoms. The minimum atomic E-state index is 0.101. The van der Waals surface area contributed by atoms with Crippen LogP contribution in [0.3, 0.4) is 0 Å². The summed E-state index contributed by atoms with van der Waals surface area (Å²) >= 11 is 0. The number of hydrogen-bond donors (Lipinski definition) is 0. The molecule has 4 rings (SSSR count). The van der Waals surface area contributed by atoms with Gasteiger partial charge in [0.25, 0.3) is 0 Å². The summed E-state index contributed by atoms with van der Waals surface area (Å²) < 4.78 is 0. The molecule has 0 bridgehead atoms. The molecule has 3 aromatic heterocycles. The summed E-state index contributed by atoms with van der Waals surface area (Å²) in [5, 5.41) is 1.21. The van der Waals surface area contributed by atoms with Crippen LogP contribution in [0, 0.1) is 0 Å². The molecule has 28 heavy (non-hydrogen) atoms. The first-order valence-electron chi connectivity index (χ1n) is 9.73. The summed E-state index contributed by atoms with van der Waals surface area (Å²) in [6.07, 6.45) is 1.79. The fourth-order valence-electron chi connectivity index (χ4n) is 2.86. The monoisotopic (exact) mass is 371 g/mol. The van der Waals surface area contributed by atoms with Crippen LogP contribution in [0.15, 0.2) is 66.9 Å². The summed E-state index contributed by atoms with van der Waals surface area (Å²) in [6, 6.07) is 20.5. The highest BCUT2D eigenvalue weighted by atomic mass is 14.8. The van der Waals surface area contributed by atoms with Crippen molar-refractivity contribution < 1.29 is 0 Å². The fourth-order valence-corrected chi connectivity index (χ4v) is 2.86. The predicted octanol–water partition coefficient (Wildman–Crippen LogP) is 6.46. The third kappa shape index (κ3) is 4.72. The Morgan fingerprint density at radius 3 is 1.79 bits per heavy atom. The zero-order valence-corrected chi connectivity index (χ0v) is 17.7. The highest BCUT2D eigenvalue weighted by molar-refractivity contribution is 5.78. The van der Waals surface area contributed by atoms with E-state index in [2.05, 4.69) is 86.8 Å². The molecule has 0 amide bonds. The van der Waals surface area contributed by atoms with Gasteiger partial charge in [-0.25, -0.2) is 0 Å². The molecule has 0 saturated carbocycles. The molecule has 3 nitrogen and oxygen atoms in total. The molecule has 144 valence electrons. The average Bonchev–Trinajstić information content (AvgIpc) is 2.66. The van der Waals surface area contributed by atoms with Crippen molar-refractivity contribution in [1.29, 1.82) is 0 Å². The molecule has 0 fully saturated rings. The van der Waals surface area contributed by atoms with Crippen LogP contribution in [0.2, 0.25) is 0 Å². The summed E-state index contributed by atoms with van der Waals surface area (Å²) in [6.45, 7) is 13.0. The van der Waals surface area contributed by atoms with E-state index < -0.39 is 0 Å². The van der Waals surface area contributed by atoms with Gasteiger partial charge in [0.05, 0.1) is 16.6 Å². The van der Waals surface area contributed by atoms with Gasteiger partial charge in [0.15, 0.2) is 0 Å². The van der Waals surface area contributed by atoms with Gasteiger partial charge < -0.3 is 0 Å². The smallest absolute Gasteiger partial charge is 0.0890 e. The molecule has 0 N–H and O–H groups in total. The van der Waals surface area contributed by atoms with Crippen LogP contribution in [0.5, 0.6) is 0 Å². The number of nitrogens with zero attached hydrogens (tertiary/aromatic N) is 3. The lowest BCUT2D eigenvalue weighted by molar-refractivity contribution is 0.571. The lowest BCUT2D eigenvalue weighted by Gasteiger charge is -2.17. The molecule has 1 aromatic carbocycles. The van der Waals surface area contributed by atoms with Crippen LogP contribution < -0.4 is 0 Å². The van der Waals surface area contributed by atoms with E-state index in [1.165, 1.54) is 5.39 Å². The van der Waals surface area contributed by atoms with Crippen LogP contribution in [0.4, 0.5) is 0 Å². The second-order valence-corrected chi connectivity index (χ2v) is 9.13. The van der Waals surface area contributed by atoms with Gasteiger partial charge in [-0.2, -0.15) is 0 Å². The quantitative estimate of drug-likeness (QED) is 0.356. The molecule has 0 atom stereocenters. The molecule has 3 heteroatoms. The Morgan fingerprint density at radius 1 is 0.536 bits per heavy atom. The summed E-state index contributed by atoms with van der Waals surface area (Å²) in [5.74, 6) is 0. The zero-order chi connectivity index (χ0) is 20.4. The zero-order valence-electron chi connectivity index (χ0n) is 17.7. The Bertz CT molecular complexity index is 997. The minimum Gasteiger partial charge on any atom is -0.255 e. The normalized spacial score (nSPS) is 11.9. The maximum Gasteiger partial charge on any atom is 0.0890 e. The highest BCUT2D eigenvalue weighted by Gasteiger charge is 2.16. The molecule has 0 aliphatic heterocycles. The number of para-hydroxylation sites is 1. The van der Waals surface area contributed by atoms with E-state index in [1.54, 1.807) is 6.20 Å². The molecule has 3 heterocycles. The van der Waals surface area contributed by atoms with E-state index in [4.69, 9.17) is 0 Å². The van der Waals surface area contributed by atoms with Gasteiger partial charge in [-0.3, -0.25) is 15.0 Å². The van der Waals surface area contributed by atoms with Gasteiger partial charge in [-0.1, -0.05) is 65.8 Å². The van der Waals surface area contributed by atoms with E-state index in [0.29, 0.717) is 0 Å². The van der Waals surface area contributed by atoms with Gasteiger partial charge in [0, 0.05) is 33.8 Å². The second kappa shape index (κ2) is 7.67. The van der Waals surface area contributed by atoms with Gasteiger partial charge >= 0.3 is 0 Å². The molecule has 0 aliphatic rings. The Hall–Kier alpha value is -2.81. The molecule has 0 aliphatic carbocycles. The lowest BCUT2D eigenvalue weighted by atomic mass is 9.91. The van der Waals surface area contributed by atoms with Crippen molar-refractivity contribution in [2.45, 2.75) is 52.4 Å². The molecule has 4 aromatic rings. The Kier molecular flexibility index (Phi) is 5.46. The SMILES string of the molecule is CC(C)(C)c1ccc2ccccc2n1.CC(C)(C)c1ccc2ncccc2n1. The number of aromatic nitrogens is 3. The van der Waals surface area contributed by atoms with Crippen molar-refractivity contribution in [1.82, 2.24) is 15.0 Å². The molecule has 0 unspecified atom stereocenters. The predicted molar refractivity (Wildman–Crippen MR) is 119 cm³/mol. The van der Waals surface area contributed by atoms with Crippen LogP contribution >= 0.6 is 0 Å². The van der Waals surface area contributed by atoms with Crippen molar-refractivity contribution in [3.05, 3.63) is 78.2 Å². The number of fused-ring (bicyclic) bond motifs is 2. The third-order valence-electron chi connectivity index (χ3n) is 4.59. The minimum absolute atomic E-state index is 0.101. The van der Waals surface area contributed by atoms with Crippen molar-refractivity contribution >= 4 is 21.9 Å². The summed E-state index contributed by atoms with van der Waals surface area (Å²) in [7, 11) is 0. The van der Waals surface area contributed by atoms with E-state index in [9.17, 15) is 0 Å². The highest BCUT2D eigenvalue weighted by Crippen LogP contribution is 2.23. The van der Waals surface area contributed by atoms with Crippen LogP contribution in [-0.2, 0) is 10.8 Å². The summed E-state index contributed by atoms with van der Waals surface area (Å²) in [4.78, 5) is 13.5. The van der Waals surface area contributed by atoms with Crippen molar-refractivity contribution in [2.24, 2.45) is 0 Å². The van der Waals surface area contributed by atoms with Crippen LogP contribution in [0.25, 0.3) is 21.9 Å². The first-order valence-corrected chi connectivity index (χ1v) is 9.73. The van der Waals surface area contributed by atoms with Gasteiger partial charge in [-0.15, -0.1) is 0 Å². The van der Waals surface area contributed by atoms with Gasteiger partial charge in [0.2, 0.25) is 0 Å². The average molecular weight is 372 g/mol. The van der Waals surface area contributed by atoms with E-state index in [-0.39, 0.29) is 10.8 Å². The third-order valence-corrected chi connectivity index (χ3v) is 4.59. The van der Waals surface area contributed by atoms with Crippen molar-refractivity contribution in [3.8, 4) is 0 Å². The first kappa shape index (κ1) is 19.9. The maximum absolute atomic E-state index is 4.65. The Balaban J connectivity index is 0.000000161. The number of pyridine rings is 3. The van der Waals surface area contributed by atoms with E-state index in [1.807, 2.05) is 30.3 Å². The maximum atomic E-state index is 4.65. The lowest BCUT2D eigenvalue weighted by Crippen LogP contribution is -2.13. The van der Waals surface area contributed by atoms with E-state index >= 15 is 0 Å². The second-order valence-electron chi connectivity index (χ2n) is 9.13. The summed E-state index contributed by atoms with van der Waals surface area (Å²) in [5.41, 5.74) is 5.50. The van der Waals surface area contributed by atoms with Crippen molar-refractivity contribution in [2.75, 3.05) is 0 Å². The number of rotatable bonds is 0. The molecular weight excluding hydrogens is 342 g/mol. The molecule has 0 radical (unpaired) electrons. The van der Waals surface area contributed by atoms with Crippen molar-refractivity contribution in [3.63, 3.8) is 0 Å². The number of benzene rings is 1.